The molecule has 0 bridgehead atoms. The van der Waals surface area contributed by atoms with E-state index in [0.29, 0.717) is 13.0 Å². The normalized spacial score (nSPS) is 24.6. The van der Waals surface area contributed by atoms with E-state index in [2.05, 4.69) is 5.32 Å². The molecule has 2 amide bonds. The Bertz CT molecular complexity index is 348. The second-order valence-electron chi connectivity index (χ2n) is 5.63. The van der Waals surface area contributed by atoms with E-state index < -0.39 is 24.1 Å². The Morgan fingerprint density at radius 1 is 1.40 bits per heavy atom. The minimum absolute atomic E-state index is 0.164. The average Bonchev–Trinajstić information content (AvgIpc) is 2.36. The number of aliphatic hydroxyl groups is 1. The highest BCUT2D eigenvalue weighted by Crippen LogP contribution is 2.12. The van der Waals surface area contributed by atoms with Gasteiger partial charge in [0.2, 0.25) is 0 Å². The molecule has 0 aliphatic carbocycles. The lowest BCUT2D eigenvalue weighted by Crippen LogP contribution is -2.56. The Morgan fingerprint density at radius 2 is 2.05 bits per heavy atom. The Morgan fingerprint density at radius 3 is 2.55 bits per heavy atom. The Labute approximate surface area is 118 Å². The first-order valence-corrected chi connectivity index (χ1v) is 6.88. The molecule has 1 saturated heterocycles. The molecule has 7 heteroatoms. The van der Waals surface area contributed by atoms with Gasteiger partial charge in [-0.25, -0.2) is 9.59 Å². The fourth-order valence-corrected chi connectivity index (χ4v) is 2.25. The summed E-state index contributed by atoms with van der Waals surface area (Å²) in [5.41, 5.74) is 0. The van der Waals surface area contributed by atoms with Crippen LogP contribution >= 0.6 is 0 Å². The fourth-order valence-electron chi connectivity index (χ4n) is 2.25. The van der Waals surface area contributed by atoms with E-state index in [1.54, 1.807) is 0 Å². The molecule has 20 heavy (non-hydrogen) atoms. The van der Waals surface area contributed by atoms with Crippen LogP contribution in [0.2, 0.25) is 0 Å². The van der Waals surface area contributed by atoms with Crippen molar-refractivity contribution in [3.05, 3.63) is 0 Å². The predicted molar refractivity (Wildman–Crippen MR) is 72.4 cm³/mol. The molecule has 0 spiro atoms. The third kappa shape index (κ3) is 4.97. The standard InChI is InChI=1S/C13H24N2O5/c1-8(2)4-11(12(17)18)14-13(19)15-5-9(3)20-10(6-15)7-16/h8-11,16H,4-7H2,1-3H3,(H,14,19)(H,17,18). The number of morpholine rings is 1. The number of carboxylic acids is 1. The summed E-state index contributed by atoms with van der Waals surface area (Å²) in [6.45, 7) is 6.10. The predicted octanol–water partition coefficient (Wildman–Crippen LogP) is 0.277. The smallest absolute Gasteiger partial charge is 0.326 e. The summed E-state index contributed by atoms with van der Waals surface area (Å²) >= 11 is 0. The number of nitrogens with one attached hydrogen (secondary N) is 1. The van der Waals surface area contributed by atoms with Crippen LogP contribution in [0.15, 0.2) is 0 Å². The molecule has 0 aromatic heterocycles. The van der Waals surface area contributed by atoms with Crippen molar-refractivity contribution >= 4 is 12.0 Å². The minimum atomic E-state index is -1.04. The zero-order chi connectivity index (χ0) is 15.3. The second-order valence-corrected chi connectivity index (χ2v) is 5.63. The number of nitrogens with zero attached hydrogens (tertiary/aromatic N) is 1. The van der Waals surface area contributed by atoms with Gasteiger partial charge >= 0.3 is 12.0 Å². The highest BCUT2D eigenvalue weighted by atomic mass is 16.5. The maximum absolute atomic E-state index is 12.1. The van der Waals surface area contributed by atoms with Crippen molar-refractivity contribution in [1.82, 2.24) is 10.2 Å². The first-order valence-electron chi connectivity index (χ1n) is 6.88. The van der Waals surface area contributed by atoms with Gasteiger partial charge in [-0.15, -0.1) is 0 Å². The molecule has 3 N–H and O–H groups in total. The first-order chi connectivity index (χ1) is 9.33. The maximum Gasteiger partial charge on any atom is 0.326 e. The van der Waals surface area contributed by atoms with E-state index in [-0.39, 0.29) is 25.2 Å². The molecule has 0 saturated carbocycles. The molecule has 1 heterocycles. The quantitative estimate of drug-likeness (QED) is 0.674. The molecule has 1 rings (SSSR count). The Balaban J connectivity index is 2.61. The average molecular weight is 288 g/mol. The van der Waals surface area contributed by atoms with Crippen LogP contribution in [0.1, 0.15) is 27.2 Å². The molecular weight excluding hydrogens is 264 g/mol. The summed E-state index contributed by atoms with van der Waals surface area (Å²) in [7, 11) is 0. The van der Waals surface area contributed by atoms with E-state index in [1.807, 2.05) is 20.8 Å². The Hall–Kier alpha value is -1.34. The molecule has 116 valence electrons. The lowest BCUT2D eigenvalue weighted by molar-refractivity contribution is -0.139. The fraction of sp³-hybridized carbons (Fsp3) is 0.846. The largest absolute Gasteiger partial charge is 0.480 e. The van der Waals surface area contributed by atoms with E-state index in [9.17, 15) is 9.59 Å². The number of ether oxygens (including phenoxy) is 1. The number of aliphatic carboxylic acids is 1. The Kier molecular flexibility index (Phi) is 6.22. The molecule has 3 atom stereocenters. The van der Waals surface area contributed by atoms with E-state index in [0.717, 1.165) is 0 Å². The first kappa shape index (κ1) is 16.7. The van der Waals surface area contributed by atoms with Crippen molar-refractivity contribution in [3.8, 4) is 0 Å². The van der Waals surface area contributed by atoms with Crippen LogP contribution in [0, 0.1) is 5.92 Å². The van der Waals surface area contributed by atoms with Gasteiger partial charge in [-0.2, -0.15) is 0 Å². The molecule has 0 radical (unpaired) electrons. The van der Waals surface area contributed by atoms with Gasteiger partial charge in [-0.3, -0.25) is 0 Å². The van der Waals surface area contributed by atoms with Gasteiger partial charge in [0.15, 0.2) is 0 Å². The summed E-state index contributed by atoms with van der Waals surface area (Å²) < 4.78 is 5.44. The van der Waals surface area contributed by atoms with Crippen molar-refractivity contribution in [2.75, 3.05) is 19.7 Å². The van der Waals surface area contributed by atoms with E-state index in [4.69, 9.17) is 14.9 Å². The van der Waals surface area contributed by atoms with Gasteiger partial charge in [0, 0.05) is 6.54 Å². The molecule has 1 fully saturated rings. The highest BCUT2D eigenvalue weighted by molar-refractivity contribution is 5.82. The number of carboxylic acid groups (broad SMARTS) is 1. The third-order valence-corrected chi connectivity index (χ3v) is 3.12. The summed E-state index contributed by atoms with van der Waals surface area (Å²) in [4.78, 5) is 24.7. The lowest BCUT2D eigenvalue weighted by Gasteiger charge is -2.36. The van der Waals surface area contributed by atoms with Gasteiger partial charge in [0.1, 0.15) is 6.04 Å². The molecular formula is C13H24N2O5. The van der Waals surface area contributed by atoms with Gasteiger partial charge < -0.3 is 25.2 Å². The van der Waals surface area contributed by atoms with Gasteiger partial charge in [0.25, 0.3) is 0 Å². The summed E-state index contributed by atoms with van der Waals surface area (Å²) in [5, 5.41) is 20.8. The third-order valence-electron chi connectivity index (χ3n) is 3.12. The summed E-state index contributed by atoms with van der Waals surface area (Å²) in [6.07, 6.45) is -0.220. The molecule has 1 aliphatic heterocycles. The van der Waals surface area contributed by atoms with Crippen molar-refractivity contribution in [3.63, 3.8) is 0 Å². The summed E-state index contributed by atoms with van der Waals surface area (Å²) in [5.74, 6) is -0.864. The van der Waals surface area contributed by atoms with Crippen LogP contribution in [-0.2, 0) is 9.53 Å². The van der Waals surface area contributed by atoms with Gasteiger partial charge in [-0.1, -0.05) is 13.8 Å². The van der Waals surface area contributed by atoms with E-state index >= 15 is 0 Å². The zero-order valence-electron chi connectivity index (χ0n) is 12.2. The molecule has 3 unspecified atom stereocenters. The minimum Gasteiger partial charge on any atom is -0.480 e. The summed E-state index contributed by atoms with van der Waals surface area (Å²) in [6, 6.07) is -1.32. The van der Waals surface area contributed by atoms with Crippen LogP contribution in [-0.4, -0.2) is 65.1 Å². The van der Waals surface area contributed by atoms with Gasteiger partial charge in [0.05, 0.1) is 25.4 Å². The lowest BCUT2D eigenvalue weighted by atomic mass is 10.0. The van der Waals surface area contributed by atoms with E-state index in [1.165, 1.54) is 4.90 Å². The molecule has 0 aromatic carbocycles. The number of urea groups is 1. The van der Waals surface area contributed by atoms with Crippen LogP contribution < -0.4 is 5.32 Å². The number of rotatable bonds is 5. The van der Waals surface area contributed by atoms with Crippen LogP contribution in [0.5, 0.6) is 0 Å². The molecule has 7 nitrogen and oxygen atoms in total. The van der Waals surface area contributed by atoms with Crippen LogP contribution in [0.25, 0.3) is 0 Å². The van der Waals surface area contributed by atoms with Crippen LogP contribution in [0.4, 0.5) is 4.79 Å². The highest BCUT2D eigenvalue weighted by Gasteiger charge is 2.30. The number of hydrogen-bond donors (Lipinski definition) is 3. The second kappa shape index (κ2) is 7.44. The topological polar surface area (TPSA) is 99.1 Å². The number of aliphatic hydroxyl groups excluding tert-OH is 1. The SMILES string of the molecule is CC(C)CC(NC(=O)N1CC(C)OC(CO)C1)C(=O)O. The van der Waals surface area contributed by atoms with Crippen molar-refractivity contribution in [2.24, 2.45) is 5.92 Å². The maximum atomic E-state index is 12.1. The molecule has 0 aromatic rings. The number of carbonyl (C=O) groups excluding carboxylic acids is 1. The van der Waals surface area contributed by atoms with Crippen molar-refractivity contribution in [1.29, 1.82) is 0 Å². The van der Waals surface area contributed by atoms with Gasteiger partial charge in [-0.05, 0) is 19.3 Å². The molecule has 1 aliphatic rings. The van der Waals surface area contributed by atoms with Crippen molar-refractivity contribution < 1.29 is 24.5 Å². The number of hydrogen-bond acceptors (Lipinski definition) is 4. The van der Waals surface area contributed by atoms with Crippen molar-refractivity contribution in [2.45, 2.75) is 45.4 Å². The monoisotopic (exact) mass is 288 g/mol. The van der Waals surface area contributed by atoms with Crippen LogP contribution in [0.3, 0.4) is 0 Å². The number of amides is 2. The number of carbonyl (C=O) groups is 2. The zero-order valence-corrected chi connectivity index (χ0v) is 12.2.